The number of aliphatic hydroxyl groups excluding tert-OH is 2. The quantitative estimate of drug-likeness (QED) is 0.136. The molecule has 0 amide bonds. The molecule has 14 nitrogen and oxygen atoms in total. The van der Waals surface area contributed by atoms with Gasteiger partial charge >= 0.3 is 20.2 Å². The van der Waals surface area contributed by atoms with Gasteiger partial charge in [-0.15, -0.1) is 0 Å². The van der Waals surface area contributed by atoms with Gasteiger partial charge < -0.3 is 20.4 Å². The molecule has 288 valence electrons. The number of hydrogen-bond acceptors (Lipinski definition) is 14. The molecule has 0 saturated heterocycles. The van der Waals surface area contributed by atoms with Gasteiger partial charge in [-0.3, -0.25) is 0 Å². The predicted octanol–water partition coefficient (Wildman–Crippen LogP) is 4.90. The Bertz CT molecular complexity index is 2150. The Morgan fingerprint density at radius 3 is 1.24 bits per heavy atom. The molecule has 0 fully saturated rings. The Kier molecular flexibility index (Phi) is 36.1. The Labute approximate surface area is 476 Å². The number of aliphatic hydroxyl groups is 4. The molecular weight excluding hydrogens is 1740 g/mol. The van der Waals surface area contributed by atoms with Gasteiger partial charge in [-0.05, 0) is 67.9 Å². The normalized spacial score (nSPS) is 10.9. The summed E-state index contributed by atoms with van der Waals surface area (Å²) in [6, 6.07) is 22.6. The van der Waals surface area contributed by atoms with Gasteiger partial charge in [-0.2, -0.15) is 24.3 Å². The summed E-state index contributed by atoms with van der Waals surface area (Å²) >= 11 is 9.57. The van der Waals surface area contributed by atoms with Gasteiger partial charge in [0, 0.05) is 209 Å². The van der Waals surface area contributed by atoms with E-state index in [2.05, 4.69) is 7.47 Å². The number of hydrogen-bond donors (Lipinski definition) is 4. The molecule has 0 bridgehead atoms. The molecule has 0 aliphatic carbocycles. The zero-order chi connectivity index (χ0) is 38.5. The third-order valence-corrected chi connectivity index (χ3v) is 11.4. The Hall–Kier alpha value is 3.37. The van der Waals surface area contributed by atoms with Crippen LogP contribution in [0.5, 0.6) is 0 Å². The molecule has 0 atom stereocenters. The molecule has 4 aromatic carbocycles. The summed E-state index contributed by atoms with van der Waals surface area (Å²) in [6.45, 7) is 3.64. The molecule has 0 spiro atoms. The maximum atomic E-state index is 11.0. The Morgan fingerprint density at radius 2 is 0.852 bits per heavy atom. The van der Waals surface area contributed by atoms with Crippen molar-refractivity contribution in [2.24, 2.45) is 0 Å². The Balaban J connectivity index is -0.000000301. The SMILES string of the molecule is Cc1ccc(S(=O)(=O)OCl)cc1.Cc1cccc(S(=O)(=O)OCl)c1.O=S(=O)(Cl)c1ccc(C(O)O)cc1.O=S(=O)(Cl)c1cccc(C(O)O)c1.[Ac].[Ac].[Ac].[Ac]. The second-order valence-electron chi connectivity index (χ2n) is 9.43. The number of aryl methyl sites for hydroxylation is 2. The van der Waals surface area contributed by atoms with Crippen LogP contribution < -0.4 is 0 Å². The monoisotopic (exact) mass is 1760 g/mol. The molecule has 4 rings (SSSR count). The number of benzene rings is 4. The minimum Gasteiger partial charge on any atom is -0.364 e. The van der Waals surface area contributed by atoms with Crippen LogP contribution >= 0.6 is 45.1 Å². The fourth-order valence-electron chi connectivity index (χ4n) is 3.18. The smallest absolute Gasteiger partial charge is 0.312 e. The van der Waals surface area contributed by atoms with E-state index in [1.165, 1.54) is 66.7 Å². The average Bonchev–Trinajstić information content (AvgIpc) is 3.05. The van der Waals surface area contributed by atoms with E-state index < -0.39 is 50.9 Å². The van der Waals surface area contributed by atoms with Crippen molar-refractivity contribution < 1.29 is 238 Å². The second kappa shape index (κ2) is 30.4. The van der Waals surface area contributed by atoms with Crippen molar-refractivity contribution in [3.63, 3.8) is 0 Å². The van der Waals surface area contributed by atoms with Gasteiger partial charge in [0.05, 0.1) is 43.3 Å². The van der Waals surface area contributed by atoms with Crippen molar-refractivity contribution >= 4 is 83.4 Å². The summed E-state index contributed by atoms with van der Waals surface area (Å²) < 4.78 is 94.7. The fraction of sp³-hybridized carbons (Fsp3) is 0.143. The van der Waals surface area contributed by atoms with E-state index in [1.807, 2.05) is 6.92 Å². The number of rotatable bonds is 8. The summed E-state index contributed by atoms with van der Waals surface area (Å²) in [6.07, 6.45) is -3.30. The van der Waals surface area contributed by atoms with Crippen LogP contribution in [0.2, 0.25) is 0 Å². The van der Waals surface area contributed by atoms with Crippen LogP contribution in [0.25, 0.3) is 0 Å². The van der Waals surface area contributed by atoms with E-state index in [0.29, 0.717) is 0 Å². The molecule has 4 aromatic rings. The van der Waals surface area contributed by atoms with Crippen LogP contribution in [0, 0.1) is 190 Å². The topological polar surface area (TPSA) is 236 Å². The van der Waals surface area contributed by atoms with E-state index >= 15 is 0 Å². The zero-order valence-corrected chi connectivity index (χ0v) is 53.0. The molecule has 0 saturated carbocycles. The molecule has 0 heterocycles. The fourth-order valence-corrected chi connectivity index (χ4v) is 6.38. The van der Waals surface area contributed by atoms with Crippen molar-refractivity contribution in [2.45, 2.75) is 46.0 Å². The maximum absolute atomic E-state index is 11.0. The molecular formula is C28H28Ac4Cl4O14S4. The van der Waals surface area contributed by atoms with Crippen molar-refractivity contribution in [3.8, 4) is 0 Å². The van der Waals surface area contributed by atoms with Crippen LogP contribution in [-0.2, 0) is 45.8 Å². The van der Waals surface area contributed by atoms with Crippen molar-refractivity contribution in [1.29, 1.82) is 0 Å². The van der Waals surface area contributed by atoms with Crippen LogP contribution in [0.15, 0.2) is 117 Å². The van der Waals surface area contributed by atoms with Crippen molar-refractivity contribution in [1.82, 2.24) is 0 Å². The number of halogens is 4. The van der Waals surface area contributed by atoms with Crippen molar-refractivity contribution in [2.75, 3.05) is 0 Å². The first kappa shape index (κ1) is 64.0. The van der Waals surface area contributed by atoms with E-state index in [0.717, 1.165) is 17.2 Å². The summed E-state index contributed by atoms with van der Waals surface area (Å²) in [4.78, 5) is -0.0982. The van der Waals surface area contributed by atoms with Gasteiger partial charge in [0.15, 0.2) is 12.6 Å². The third kappa shape index (κ3) is 24.7. The van der Waals surface area contributed by atoms with E-state index in [9.17, 15) is 33.7 Å². The van der Waals surface area contributed by atoms with Crippen molar-refractivity contribution in [3.05, 3.63) is 119 Å². The molecule has 4 N–H and O–H groups in total. The van der Waals surface area contributed by atoms with E-state index in [-0.39, 0.29) is 207 Å². The molecule has 54 heavy (non-hydrogen) atoms. The maximum Gasteiger partial charge on any atom is 0.312 e. The van der Waals surface area contributed by atoms with Gasteiger partial charge in [-0.1, -0.05) is 54.1 Å². The predicted molar refractivity (Wildman–Crippen MR) is 184 cm³/mol. The molecule has 4 radical (unpaired) electrons. The summed E-state index contributed by atoms with van der Waals surface area (Å²) in [7, 11) is -4.97. The van der Waals surface area contributed by atoms with Crippen LogP contribution in [0.3, 0.4) is 0 Å². The van der Waals surface area contributed by atoms with Crippen LogP contribution in [0.4, 0.5) is 0 Å². The van der Waals surface area contributed by atoms with Gasteiger partial charge in [-0.25, -0.2) is 16.8 Å². The second-order valence-corrected chi connectivity index (χ2v) is 18.3. The molecule has 0 unspecified atom stereocenters. The minimum atomic E-state index is -3.81. The van der Waals surface area contributed by atoms with Gasteiger partial charge in [0.25, 0.3) is 18.1 Å². The van der Waals surface area contributed by atoms with Crippen LogP contribution in [0.1, 0.15) is 34.8 Å². The average molecular weight is 1770 g/mol. The first-order valence-corrected chi connectivity index (χ1v) is 21.0. The Morgan fingerprint density at radius 1 is 0.463 bits per heavy atom. The van der Waals surface area contributed by atoms with Gasteiger partial charge in [0.1, 0.15) is 0 Å². The molecule has 0 aromatic heterocycles. The van der Waals surface area contributed by atoms with E-state index in [4.69, 9.17) is 65.5 Å². The molecule has 26 heteroatoms. The first-order valence-electron chi connectivity index (χ1n) is 13.0. The molecule has 0 aliphatic rings. The first-order chi connectivity index (χ1) is 22.9. The third-order valence-electron chi connectivity index (χ3n) is 5.65. The largest absolute Gasteiger partial charge is 0.364 e. The standard InChI is InChI=1S/2C7H7ClO4S.2C7H7ClO3S.4Ac/c8-13(11,12)6-3-1-5(2-4-6)7(9)10;8-13(11,12)6-3-1-2-5(4-6)7(9)10;1-6-2-4-7(5-3-6)12(9,10)11-8;1-6-3-2-4-7(5-6)12(9,10)11-8;;;;/h2*1-4,7,9-10H;2*2-5H,1H3;;;;. The summed E-state index contributed by atoms with van der Waals surface area (Å²) in [5.74, 6) is 0. The van der Waals surface area contributed by atoms with Gasteiger partial charge in [0.2, 0.25) is 0 Å². The van der Waals surface area contributed by atoms with E-state index in [1.54, 1.807) is 31.2 Å². The zero-order valence-electron chi connectivity index (χ0n) is 27.7. The van der Waals surface area contributed by atoms with Crippen LogP contribution in [-0.4, -0.2) is 54.1 Å². The summed E-state index contributed by atoms with van der Waals surface area (Å²) in [5, 5.41) is 34.8. The molecule has 0 aliphatic heterocycles. The summed E-state index contributed by atoms with van der Waals surface area (Å²) in [5.41, 5.74) is 2.11. The minimum absolute atomic E-state index is 0.